The number of ketones is 1. The lowest BCUT2D eigenvalue weighted by Crippen LogP contribution is -2.59. The summed E-state index contributed by atoms with van der Waals surface area (Å²) in [6, 6.07) is 7.88. The van der Waals surface area contributed by atoms with Crippen LogP contribution in [0, 0.1) is 11.8 Å². The Hall–Kier alpha value is -4.45. The number of aldehydes is 1. The van der Waals surface area contributed by atoms with Gasteiger partial charge in [-0.25, -0.2) is 4.79 Å². The molecule has 3 aromatic rings. The largest absolute Gasteiger partial charge is 0.496 e. The first kappa shape index (κ1) is 33.7. The topological polar surface area (TPSA) is 156 Å². The molecule has 0 radical (unpaired) electrons. The molecule has 0 amide bonds. The van der Waals surface area contributed by atoms with E-state index in [0.29, 0.717) is 71.6 Å². The van der Waals surface area contributed by atoms with E-state index in [1.807, 2.05) is 30.5 Å². The number of nitrogens with one attached hydrogen (secondary N) is 2. The molecule has 5 atom stereocenters. The lowest BCUT2D eigenvalue weighted by molar-refractivity contribution is -0.141. The Labute approximate surface area is 296 Å². The fraction of sp³-hybridized carbons (Fsp3) is 0.475. The van der Waals surface area contributed by atoms with E-state index in [9.17, 15) is 24.6 Å². The van der Waals surface area contributed by atoms with Crippen LogP contribution in [0.15, 0.2) is 47.4 Å². The van der Waals surface area contributed by atoms with E-state index in [4.69, 9.17) is 18.9 Å². The number of hydrogen-bond acceptors (Lipinski definition) is 10. The van der Waals surface area contributed by atoms with Crippen LogP contribution in [0.4, 0.5) is 0 Å². The van der Waals surface area contributed by atoms with E-state index in [1.54, 1.807) is 6.92 Å². The highest BCUT2D eigenvalue weighted by molar-refractivity contribution is 6.11. The summed E-state index contributed by atoms with van der Waals surface area (Å²) in [4.78, 5) is 43.3. The van der Waals surface area contributed by atoms with Crippen molar-refractivity contribution in [2.75, 3.05) is 26.8 Å². The molecule has 8 rings (SSSR count). The van der Waals surface area contributed by atoms with Crippen molar-refractivity contribution in [2.45, 2.75) is 82.5 Å². The van der Waals surface area contributed by atoms with E-state index < -0.39 is 30.2 Å². The van der Waals surface area contributed by atoms with Gasteiger partial charge in [0.1, 0.15) is 34.7 Å². The van der Waals surface area contributed by atoms with E-state index in [2.05, 4.69) is 10.3 Å². The zero-order chi connectivity index (χ0) is 35.4. The summed E-state index contributed by atoms with van der Waals surface area (Å²) in [6.07, 6.45) is 6.45. The third kappa shape index (κ3) is 5.39. The maximum absolute atomic E-state index is 13.5. The Bertz CT molecular complexity index is 1990. The molecule has 11 heteroatoms. The molecule has 4 N–H and O–H groups in total. The number of benzene rings is 2. The quantitative estimate of drug-likeness (QED) is 0.200. The molecule has 2 aliphatic carbocycles. The average molecular weight is 697 g/mol. The first-order chi connectivity index (χ1) is 24.8. The van der Waals surface area contributed by atoms with Crippen LogP contribution in [0.5, 0.6) is 17.2 Å². The number of aliphatic hydroxyl groups excluding tert-OH is 1. The number of carbonyl (C=O) groups excluding carboxylic acids is 3. The van der Waals surface area contributed by atoms with Gasteiger partial charge in [-0.05, 0) is 93.1 Å². The molecule has 2 aromatic carbocycles. The molecule has 2 saturated carbocycles. The van der Waals surface area contributed by atoms with Crippen molar-refractivity contribution >= 4 is 34.5 Å². The van der Waals surface area contributed by atoms with Gasteiger partial charge in [0, 0.05) is 41.6 Å². The van der Waals surface area contributed by atoms with Crippen LogP contribution in [0.25, 0.3) is 16.5 Å². The highest BCUT2D eigenvalue weighted by Gasteiger charge is 2.54. The van der Waals surface area contributed by atoms with Gasteiger partial charge >= 0.3 is 5.97 Å². The molecule has 0 bridgehead atoms. The fourth-order valence-corrected chi connectivity index (χ4v) is 9.56. The Morgan fingerprint density at radius 3 is 2.80 bits per heavy atom. The smallest absolute Gasteiger partial charge is 0.375 e. The number of H-pyrrole nitrogens is 1. The Kier molecular flexibility index (Phi) is 8.76. The van der Waals surface area contributed by atoms with Crippen LogP contribution in [0.1, 0.15) is 80.0 Å². The summed E-state index contributed by atoms with van der Waals surface area (Å²) in [5.74, 6) is -0.206. The van der Waals surface area contributed by atoms with Crippen LogP contribution >= 0.6 is 0 Å². The number of methoxy groups -OCH3 is 1. The lowest BCUT2D eigenvalue weighted by Gasteiger charge is -2.49. The van der Waals surface area contributed by atoms with E-state index >= 15 is 0 Å². The number of rotatable bonds is 7. The zero-order valence-electron chi connectivity index (χ0n) is 29.0. The van der Waals surface area contributed by atoms with Crippen LogP contribution in [-0.4, -0.2) is 71.7 Å². The SMILES string of the molecule is CCOC(=O)C1=C(C=O)C(=C2CCC(=O)C(c3ccc4[nH]ccc4c3)C2)c2c(OC)c3c(c(CO)c2O1)OC(C1(O)CCCC2CNCCC21)C3. The zero-order valence-corrected chi connectivity index (χ0v) is 29.0. The molecule has 11 nitrogen and oxygen atoms in total. The van der Waals surface area contributed by atoms with E-state index in [1.165, 1.54) is 7.11 Å². The summed E-state index contributed by atoms with van der Waals surface area (Å²) in [5, 5.41) is 27.8. The summed E-state index contributed by atoms with van der Waals surface area (Å²) in [6.45, 7) is 2.90. The van der Waals surface area contributed by atoms with Gasteiger partial charge in [0.15, 0.2) is 6.29 Å². The first-order valence-electron chi connectivity index (χ1n) is 18.1. The Morgan fingerprint density at radius 2 is 2.02 bits per heavy atom. The molecule has 268 valence electrons. The molecule has 1 aromatic heterocycles. The number of hydrogen-bond donors (Lipinski definition) is 4. The van der Waals surface area contributed by atoms with Crippen molar-refractivity contribution < 1.29 is 43.5 Å². The number of carbonyl (C=O) groups is 3. The predicted molar refractivity (Wildman–Crippen MR) is 187 cm³/mol. The van der Waals surface area contributed by atoms with E-state index in [0.717, 1.165) is 54.4 Å². The minimum atomic E-state index is -1.09. The van der Waals surface area contributed by atoms with E-state index in [-0.39, 0.29) is 41.8 Å². The van der Waals surface area contributed by atoms with Crippen LogP contribution in [0.3, 0.4) is 0 Å². The summed E-state index contributed by atoms with van der Waals surface area (Å²) in [5.41, 5.74) is 3.39. The molecule has 3 aliphatic heterocycles. The first-order valence-corrected chi connectivity index (χ1v) is 18.1. The molecule has 51 heavy (non-hydrogen) atoms. The number of piperidine rings is 1. The maximum Gasteiger partial charge on any atom is 0.375 e. The molecule has 5 unspecified atom stereocenters. The molecular weight excluding hydrogens is 652 g/mol. The number of esters is 1. The van der Waals surface area contributed by atoms with Gasteiger partial charge in [-0.15, -0.1) is 0 Å². The number of fused-ring (bicyclic) bond motifs is 4. The Balaban J connectivity index is 1.29. The number of aliphatic hydroxyl groups is 2. The van der Waals surface area contributed by atoms with Gasteiger partial charge < -0.3 is 39.5 Å². The molecule has 3 fully saturated rings. The van der Waals surface area contributed by atoms with Crippen molar-refractivity contribution in [3.05, 3.63) is 69.6 Å². The monoisotopic (exact) mass is 696 g/mol. The fourth-order valence-electron chi connectivity index (χ4n) is 9.56. The third-order valence-corrected chi connectivity index (χ3v) is 11.9. The van der Waals surface area contributed by atoms with Gasteiger partial charge in [-0.2, -0.15) is 0 Å². The number of aromatic nitrogens is 1. The molecule has 5 aliphatic rings. The van der Waals surface area contributed by atoms with Gasteiger partial charge in [0.05, 0.1) is 37.0 Å². The number of ether oxygens (including phenoxy) is 4. The highest BCUT2D eigenvalue weighted by atomic mass is 16.6. The lowest BCUT2D eigenvalue weighted by atomic mass is 9.63. The summed E-state index contributed by atoms with van der Waals surface area (Å²) in [7, 11) is 1.53. The number of aromatic amines is 1. The van der Waals surface area contributed by atoms with Gasteiger partial charge in [-0.3, -0.25) is 9.59 Å². The van der Waals surface area contributed by atoms with Crippen molar-refractivity contribution in [3.8, 4) is 17.2 Å². The number of Topliss-reactive ketones (excluding diaryl/α,β-unsaturated/α-hetero) is 1. The third-order valence-electron chi connectivity index (χ3n) is 11.9. The van der Waals surface area contributed by atoms with Crippen molar-refractivity contribution in [3.63, 3.8) is 0 Å². The number of allylic oxidation sites excluding steroid dienone is 3. The predicted octanol–water partition coefficient (Wildman–Crippen LogP) is 4.81. The standard InChI is InChI=1S/C40H44N2O9/c1-3-49-39(46)38-27(19-43)33(23-7-9-31(45)25(16-23)21-6-8-30-22(15-21)10-14-42-30)34-36(48-2)26-17-32(50-35(26)28(20-44)37(34)51-38)40(47)12-4-5-24-18-41-13-11-29(24)40/h6,8,10,14-15,19,24-25,29,32,41-42,44,47H,3-5,7,9,11-13,16-18,20H2,1-2H3. The Morgan fingerprint density at radius 1 is 1.16 bits per heavy atom. The molecule has 4 heterocycles. The van der Waals surface area contributed by atoms with Gasteiger partial charge in [0.25, 0.3) is 0 Å². The van der Waals surface area contributed by atoms with Crippen molar-refractivity contribution in [2.24, 2.45) is 11.8 Å². The minimum Gasteiger partial charge on any atom is -0.496 e. The second kappa shape index (κ2) is 13.3. The van der Waals surface area contributed by atoms with Crippen molar-refractivity contribution in [1.82, 2.24) is 10.3 Å². The van der Waals surface area contributed by atoms with Crippen LogP contribution < -0.4 is 19.5 Å². The normalized spacial score (nSPS) is 28.7. The van der Waals surface area contributed by atoms with Crippen LogP contribution in [0.2, 0.25) is 0 Å². The van der Waals surface area contributed by atoms with Gasteiger partial charge in [-0.1, -0.05) is 18.1 Å². The maximum atomic E-state index is 13.5. The molecule has 0 spiro atoms. The summed E-state index contributed by atoms with van der Waals surface area (Å²) >= 11 is 0. The molecule has 1 saturated heterocycles. The highest BCUT2D eigenvalue weighted by Crippen LogP contribution is 2.57. The van der Waals surface area contributed by atoms with Gasteiger partial charge in [0.2, 0.25) is 5.76 Å². The average Bonchev–Trinajstić information content (AvgIpc) is 3.81. The van der Waals surface area contributed by atoms with Crippen LogP contribution in [-0.2, 0) is 32.1 Å². The minimum absolute atomic E-state index is 0.00574. The summed E-state index contributed by atoms with van der Waals surface area (Å²) < 4.78 is 24.5. The second-order valence-corrected chi connectivity index (χ2v) is 14.4. The second-order valence-electron chi connectivity index (χ2n) is 14.4. The van der Waals surface area contributed by atoms with Crippen molar-refractivity contribution in [1.29, 1.82) is 0 Å². The molecular formula is C40H44N2O9.